The van der Waals surface area contributed by atoms with Gasteiger partial charge >= 0.3 is 6.09 Å². The lowest BCUT2D eigenvalue weighted by molar-refractivity contribution is -0.154. The van der Waals surface area contributed by atoms with Crippen molar-refractivity contribution in [3.63, 3.8) is 0 Å². The third-order valence-electron chi connectivity index (χ3n) is 9.00. The number of carboxylic acid groups (broad SMARTS) is 1. The molecular weight excluding hydrogens is 450 g/mol. The molecule has 1 aliphatic carbocycles. The monoisotopic (exact) mass is 489 g/mol. The lowest BCUT2D eigenvalue weighted by Crippen LogP contribution is -2.62. The lowest BCUT2D eigenvalue weighted by Gasteiger charge is -2.58. The van der Waals surface area contributed by atoms with Gasteiger partial charge in [-0.05, 0) is 60.6 Å². The molecule has 0 bridgehead atoms. The van der Waals surface area contributed by atoms with Crippen LogP contribution < -0.4 is 0 Å². The summed E-state index contributed by atoms with van der Waals surface area (Å²) in [5, 5.41) is 9.34. The predicted octanol–water partition coefficient (Wildman–Crippen LogP) is 5.68. The minimum Gasteiger partial charge on any atom is -0.465 e. The van der Waals surface area contributed by atoms with Crippen LogP contribution in [0.4, 0.5) is 4.79 Å². The Bertz CT molecular complexity index is 1090. The fraction of sp³-hybridized carbons (Fsp3) is 0.533. The molecule has 36 heavy (non-hydrogen) atoms. The maximum absolute atomic E-state index is 13.9. The Morgan fingerprint density at radius 2 is 1.61 bits per heavy atom. The molecule has 2 aromatic rings. The molecule has 1 N–H and O–H groups in total. The van der Waals surface area contributed by atoms with Crippen LogP contribution in [0, 0.1) is 5.41 Å². The number of piperidine rings is 1. The molecule has 2 saturated heterocycles. The lowest BCUT2D eigenvalue weighted by atomic mass is 9.59. The zero-order chi connectivity index (χ0) is 25.4. The van der Waals surface area contributed by atoms with Gasteiger partial charge in [0.1, 0.15) is 0 Å². The third kappa shape index (κ3) is 4.63. The van der Waals surface area contributed by atoms with Gasteiger partial charge in [-0.2, -0.15) is 0 Å². The van der Waals surface area contributed by atoms with Gasteiger partial charge in [0.25, 0.3) is 0 Å². The maximum atomic E-state index is 13.9. The van der Waals surface area contributed by atoms with Crippen molar-refractivity contribution in [2.75, 3.05) is 26.2 Å². The van der Waals surface area contributed by atoms with Crippen LogP contribution in [0.15, 0.2) is 54.6 Å². The number of carbonyl (C=O) groups excluding carboxylic acids is 1. The van der Waals surface area contributed by atoms with E-state index in [0.717, 1.165) is 32.2 Å². The van der Waals surface area contributed by atoms with Crippen molar-refractivity contribution in [3.8, 4) is 0 Å². The van der Waals surface area contributed by atoms with Crippen molar-refractivity contribution >= 4 is 12.0 Å². The molecule has 0 aromatic heterocycles. The highest BCUT2D eigenvalue weighted by atomic mass is 16.4. The van der Waals surface area contributed by atoms with Gasteiger partial charge in [0, 0.05) is 31.7 Å². The summed E-state index contributed by atoms with van der Waals surface area (Å²) in [6.07, 6.45) is 2.97. The predicted molar refractivity (Wildman–Crippen MR) is 141 cm³/mol. The second kappa shape index (κ2) is 9.89. The molecule has 2 atom stereocenters. The van der Waals surface area contributed by atoms with Gasteiger partial charge < -0.3 is 14.9 Å². The molecule has 5 rings (SSSR count). The molecule has 3 fully saturated rings. The molecule has 2 aliphatic heterocycles. The van der Waals surface area contributed by atoms with Crippen LogP contribution in [0.25, 0.3) is 0 Å². The Morgan fingerprint density at radius 1 is 0.972 bits per heavy atom. The molecule has 2 unspecified atom stereocenters. The Labute approximate surface area is 214 Å². The molecule has 2 aromatic carbocycles. The first-order valence-electron chi connectivity index (χ1n) is 13.4. The minimum atomic E-state index is -0.815. The van der Waals surface area contributed by atoms with Crippen LogP contribution in [-0.4, -0.2) is 64.0 Å². The highest BCUT2D eigenvalue weighted by Gasteiger charge is 2.52. The van der Waals surface area contributed by atoms with Gasteiger partial charge in [-0.15, -0.1) is 0 Å². The van der Waals surface area contributed by atoms with Gasteiger partial charge in [-0.3, -0.25) is 9.69 Å². The number of hydrogen-bond donors (Lipinski definition) is 1. The maximum Gasteiger partial charge on any atom is 0.407 e. The van der Waals surface area contributed by atoms with E-state index in [1.807, 2.05) is 6.07 Å². The van der Waals surface area contributed by atoms with Gasteiger partial charge in [-0.1, -0.05) is 68.4 Å². The average Bonchev–Trinajstić information content (AvgIpc) is 2.87. The summed E-state index contributed by atoms with van der Waals surface area (Å²) in [6, 6.07) is 19.5. The largest absolute Gasteiger partial charge is 0.465 e. The summed E-state index contributed by atoms with van der Waals surface area (Å²) in [7, 11) is 0. The molecule has 2 heterocycles. The van der Waals surface area contributed by atoms with E-state index < -0.39 is 6.09 Å². The van der Waals surface area contributed by atoms with Crippen LogP contribution in [0.5, 0.6) is 0 Å². The highest BCUT2D eigenvalue weighted by Crippen LogP contribution is 2.53. The van der Waals surface area contributed by atoms with E-state index in [-0.39, 0.29) is 29.4 Å². The zero-order valence-corrected chi connectivity index (χ0v) is 21.8. The van der Waals surface area contributed by atoms with E-state index in [1.165, 1.54) is 21.6 Å². The standard InChI is InChI=1S/C30H39N3O3/c1-21(2)25-11-7-8-12-26(25)27-19-32(22(3)23-9-5-4-6-10-23)20-28(34)33(27)24-17-30(18-24)13-15-31(16-14-30)29(35)36/h4-12,21-22,24,27H,13-20H2,1-3H3,(H,35,36). The van der Waals surface area contributed by atoms with Gasteiger partial charge in [0.2, 0.25) is 5.91 Å². The smallest absolute Gasteiger partial charge is 0.407 e. The fourth-order valence-corrected chi connectivity index (χ4v) is 6.80. The number of rotatable bonds is 5. The van der Waals surface area contributed by atoms with Crippen LogP contribution in [-0.2, 0) is 4.79 Å². The molecule has 192 valence electrons. The van der Waals surface area contributed by atoms with E-state index in [9.17, 15) is 14.7 Å². The first-order valence-corrected chi connectivity index (χ1v) is 13.4. The van der Waals surface area contributed by atoms with E-state index in [1.54, 1.807) is 0 Å². The van der Waals surface area contributed by atoms with Gasteiger partial charge in [-0.25, -0.2) is 4.79 Å². The normalized spacial score (nSPS) is 23.7. The van der Waals surface area contributed by atoms with E-state index in [0.29, 0.717) is 25.6 Å². The number of hydrogen-bond acceptors (Lipinski definition) is 3. The molecule has 6 heteroatoms. The summed E-state index contributed by atoms with van der Waals surface area (Å²) in [5.41, 5.74) is 4.02. The second-order valence-electron chi connectivity index (χ2n) is 11.4. The van der Waals surface area contributed by atoms with Crippen molar-refractivity contribution in [1.29, 1.82) is 0 Å². The summed E-state index contributed by atoms with van der Waals surface area (Å²) in [6.45, 7) is 9.14. The summed E-state index contributed by atoms with van der Waals surface area (Å²) >= 11 is 0. The summed E-state index contributed by atoms with van der Waals surface area (Å²) in [5.74, 6) is 0.601. The zero-order valence-electron chi connectivity index (χ0n) is 21.8. The molecule has 6 nitrogen and oxygen atoms in total. The van der Waals surface area contributed by atoms with Gasteiger partial charge in [0.15, 0.2) is 0 Å². The number of piperazine rings is 1. The Morgan fingerprint density at radius 3 is 2.25 bits per heavy atom. The molecule has 1 saturated carbocycles. The molecular formula is C30H39N3O3. The molecule has 0 radical (unpaired) electrons. The number of carbonyl (C=O) groups is 2. The summed E-state index contributed by atoms with van der Waals surface area (Å²) in [4.78, 5) is 31.3. The molecule has 1 spiro atoms. The van der Waals surface area contributed by atoms with Crippen LogP contribution in [0.3, 0.4) is 0 Å². The van der Waals surface area contributed by atoms with E-state index in [2.05, 4.69) is 79.1 Å². The number of amides is 2. The van der Waals surface area contributed by atoms with Crippen molar-refractivity contribution in [1.82, 2.24) is 14.7 Å². The molecule has 2 amide bonds. The summed E-state index contributed by atoms with van der Waals surface area (Å²) < 4.78 is 0. The third-order valence-corrected chi connectivity index (χ3v) is 9.00. The van der Waals surface area contributed by atoms with Crippen LogP contribution in [0.2, 0.25) is 0 Å². The first-order chi connectivity index (χ1) is 17.3. The van der Waals surface area contributed by atoms with Crippen LogP contribution >= 0.6 is 0 Å². The van der Waals surface area contributed by atoms with Crippen LogP contribution in [0.1, 0.15) is 81.1 Å². The van der Waals surface area contributed by atoms with Gasteiger partial charge in [0.05, 0.1) is 12.6 Å². The van der Waals surface area contributed by atoms with Crippen molar-refractivity contribution in [2.24, 2.45) is 5.41 Å². The first kappa shape index (κ1) is 24.8. The number of benzene rings is 2. The SMILES string of the molecule is CC(C)c1ccccc1C1CN(C(C)c2ccccc2)CC(=O)N1C1CC2(CCN(C(=O)O)CC2)C1. The van der Waals surface area contributed by atoms with Crippen molar-refractivity contribution in [3.05, 3.63) is 71.3 Å². The molecule has 3 aliphatic rings. The van der Waals surface area contributed by atoms with E-state index in [4.69, 9.17) is 0 Å². The van der Waals surface area contributed by atoms with E-state index >= 15 is 0 Å². The Kier molecular flexibility index (Phi) is 6.82. The number of likely N-dealkylation sites (tertiary alicyclic amines) is 1. The highest BCUT2D eigenvalue weighted by molar-refractivity contribution is 5.80. The van der Waals surface area contributed by atoms with Crippen molar-refractivity contribution in [2.45, 2.75) is 70.5 Å². The Balaban J connectivity index is 1.40. The van der Waals surface area contributed by atoms with Crippen molar-refractivity contribution < 1.29 is 14.7 Å². The minimum absolute atomic E-state index is 0.0254. The average molecular weight is 490 g/mol. The topological polar surface area (TPSA) is 64.1 Å². The quantitative estimate of drug-likeness (QED) is 0.587. The fourth-order valence-electron chi connectivity index (χ4n) is 6.80. The Hall–Kier alpha value is -2.86. The number of nitrogens with zero attached hydrogens (tertiary/aromatic N) is 3. The second-order valence-corrected chi connectivity index (χ2v) is 11.4.